The Kier molecular flexibility index (Phi) is 5.70. The Hall–Kier alpha value is -2.41. The molecular formula is C16H16BrN3O3. The lowest BCUT2D eigenvalue weighted by Crippen LogP contribution is -2.17. The number of halogens is 1. The number of ether oxygens (including phenoxy) is 2. The van der Waals surface area contributed by atoms with Crippen LogP contribution in [0.3, 0.4) is 0 Å². The number of rotatable bonds is 5. The van der Waals surface area contributed by atoms with Crippen molar-refractivity contribution in [3.8, 4) is 11.5 Å². The first-order valence-corrected chi connectivity index (χ1v) is 7.51. The summed E-state index contributed by atoms with van der Waals surface area (Å²) in [6, 6.07) is 5.29. The second-order valence-electron chi connectivity index (χ2n) is 4.61. The van der Waals surface area contributed by atoms with Gasteiger partial charge in [0.1, 0.15) is 11.5 Å². The van der Waals surface area contributed by atoms with Gasteiger partial charge >= 0.3 is 0 Å². The van der Waals surface area contributed by atoms with E-state index in [9.17, 15) is 4.79 Å². The quantitative estimate of drug-likeness (QED) is 0.642. The van der Waals surface area contributed by atoms with Gasteiger partial charge in [-0.1, -0.05) is 0 Å². The molecule has 0 radical (unpaired) electrons. The number of hydrazone groups is 1. The molecule has 1 aromatic carbocycles. The molecule has 0 fully saturated rings. The molecule has 0 bridgehead atoms. The van der Waals surface area contributed by atoms with E-state index in [1.165, 1.54) is 12.4 Å². The van der Waals surface area contributed by atoms with Crippen molar-refractivity contribution in [3.05, 3.63) is 51.8 Å². The molecule has 2 rings (SSSR count). The van der Waals surface area contributed by atoms with Crippen molar-refractivity contribution in [2.45, 2.75) is 6.92 Å². The minimum Gasteiger partial charge on any atom is -0.496 e. The van der Waals surface area contributed by atoms with Crippen LogP contribution in [0.15, 0.2) is 40.2 Å². The van der Waals surface area contributed by atoms with E-state index in [4.69, 9.17) is 9.47 Å². The van der Waals surface area contributed by atoms with Crippen LogP contribution >= 0.6 is 15.9 Å². The van der Waals surface area contributed by atoms with E-state index in [0.717, 1.165) is 21.3 Å². The summed E-state index contributed by atoms with van der Waals surface area (Å²) in [5.41, 5.74) is 4.47. The Morgan fingerprint density at radius 1 is 1.30 bits per heavy atom. The Balaban J connectivity index is 2.14. The van der Waals surface area contributed by atoms with E-state index in [1.54, 1.807) is 32.5 Å². The molecule has 0 aliphatic rings. The minimum atomic E-state index is -0.348. The van der Waals surface area contributed by atoms with Gasteiger partial charge in [-0.25, -0.2) is 5.43 Å². The summed E-state index contributed by atoms with van der Waals surface area (Å²) >= 11 is 3.27. The van der Waals surface area contributed by atoms with Gasteiger partial charge in [-0.2, -0.15) is 5.10 Å². The predicted octanol–water partition coefficient (Wildman–Crippen LogP) is 2.93. The molecule has 1 amide bonds. The molecule has 120 valence electrons. The molecule has 0 saturated heterocycles. The number of carbonyl (C=O) groups is 1. The Morgan fingerprint density at radius 3 is 2.74 bits per heavy atom. The zero-order valence-corrected chi connectivity index (χ0v) is 14.5. The van der Waals surface area contributed by atoms with Gasteiger partial charge in [-0.05, 0) is 41.1 Å². The number of benzene rings is 1. The maximum Gasteiger partial charge on any atom is 0.272 e. The molecule has 0 aliphatic heterocycles. The lowest BCUT2D eigenvalue weighted by atomic mass is 10.1. The van der Waals surface area contributed by atoms with E-state index in [2.05, 4.69) is 31.4 Å². The van der Waals surface area contributed by atoms with Crippen LogP contribution in [0.25, 0.3) is 0 Å². The van der Waals surface area contributed by atoms with Crippen LogP contribution in [0.5, 0.6) is 11.5 Å². The van der Waals surface area contributed by atoms with Gasteiger partial charge in [-0.3, -0.25) is 9.78 Å². The minimum absolute atomic E-state index is 0.348. The summed E-state index contributed by atoms with van der Waals surface area (Å²) in [5.74, 6) is 1.02. The molecule has 0 atom stereocenters. The first-order chi connectivity index (χ1) is 11.1. The van der Waals surface area contributed by atoms with E-state index in [1.807, 2.05) is 13.0 Å². The van der Waals surface area contributed by atoms with Gasteiger partial charge < -0.3 is 9.47 Å². The van der Waals surface area contributed by atoms with Crippen molar-refractivity contribution < 1.29 is 14.3 Å². The fourth-order valence-electron chi connectivity index (χ4n) is 2.05. The molecule has 1 heterocycles. The van der Waals surface area contributed by atoms with Crippen molar-refractivity contribution in [2.24, 2.45) is 5.10 Å². The highest BCUT2D eigenvalue weighted by Gasteiger charge is 2.10. The van der Waals surface area contributed by atoms with Gasteiger partial charge in [-0.15, -0.1) is 0 Å². The number of pyridine rings is 1. The highest BCUT2D eigenvalue weighted by molar-refractivity contribution is 9.10. The molecule has 6 nitrogen and oxygen atoms in total. The van der Waals surface area contributed by atoms with Crippen LogP contribution in [0.4, 0.5) is 0 Å². The van der Waals surface area contributed by atoms with Crippen LogP contribution < -0.4 is 14.9 Å². The standard InChI is InChI=1S/C16H16BrN3O3/c1-10-14(22-2)5-4-11(15(10)23-3)8-19-20-16(21)12-6-13(17)9-18-7-12/h4-9H,1-3H3,(H,20,21). The van der Waals surface area contributed by atoms with Crippen molar-refractivity contribution in [2.75, 3.05) is 14.2 Å². The van der Waals surface area contributed by atoms with Gasteiger partial charge in [0.05, 0.1) is 26.0 Å². The van der Waals surface area contributed by atoms with Crippen LogP contribution in [-0.4, -0.2) is 31.3 Å². The summed E-state index contributed by atoms with van der Waals surface area (Å²) in [6.45, 7) is 1.89. The largest absolute Gasteiger partial charge is 0.496 e. The van der Waals surface area contributed by atoms with Crippen LogP contribution in [0, 0.1) is 6.92 Å². The van der Waals surface area contributed by atoms with Gasteiger partial charge in [0.25, 0.3) is 5.91 Å². The van der Waals surface area contributed by atoms with Gasteiger partial charge in [0.2, 0.25) is 0 Å². The average Bonchev–Trinajstić information content (AvgIpc) is 2.55. The predicted molar refractivity (Wildman–Crippen MR) is 91.3 cm³/mol. The maximum absolute atomic E-state index is 12.0. The van der Waals surface area contributed by atoms with Crippen LogP contribution in [-0.2, 0) is 0 Å². The van der Waals surface area contributed by atoms with E-state index < -0.39 is 0 Å². The number of hydrogen-bond donors (Lipinski definition) is 1. The van der Waals surface area contributed by atoms with E-state index in [-0.39, 0.29) is 5.91 Å². The first-order valence-electron chi connectivity index (χ1n) is 6.72. The number of hydrogen-bond acceptors (Lipinski definition) is 5. The molecule has 1 N–H and O–H groups in total. The highest BCUT2D eigenvalue weighted by atomic mass is 79.9. The second-order valence-corrected chi connectivity index (χ2v) is 5.52. The van der Waals surface area contributed by atoms with Gasteiger partial charge in [0, 0.05) is 28.0 Å². The van der Waals surface area contributed by atoms with Crippen LogP contribution in [0.1, 0.15) is 21.5 Å². The number of aromatic nitrogens is 1. The molecule has 23 heavy (non-hydrogen) atoms. The maximum atomic E-state index is 12.0. The normalized spacial score (nSPS) is 10.6. The Morgan fingerprint density at radius 2 is 2.09 bits per heavy atom. The second kappa shape index (κ2) is 7.73. The highest BCUT2D eigenvalue weighted by Crippen LogP contribution is 2.30. The molecule has 1 aromatic heterocycles. The molecule has 0 unspecified atom stereocenters. The third-order valence-electron chi connectivity index (χ3n) is 3.15. The molecule has 0 saturated carbocycles. The lowest BCUT2D eigenvalue weighted by molar-refractivity contribution is 0.0954. The number of methoxy groups -OCH3 is 2. The topological polar surface area (TPSA) is 72.8 Å². The zero-order valence-electron chi connectivity index (χ0n) is 13.0. The van der Waals surface area contributed by atoms with Crippen molar-refractivity contribution in [1.29, 1.82) is 0 Å². The monoisotopic (exact) mass is 377 g/mol. The third-order valence-corrected chi connectivity index (χ3v) is 3.58. The smallest absolute Gasteiger partial charge is 0.272 e. The molecule has 0 aliphatic carbocycles. The van der Waals surface area contributed by atoms with Crippen molar-refractivity contribution in [3.63, 3.8) is 0 Å². The number of amides is 1. The van der Waals surface area contributed by atoms with E-state index >= 15 is 0 Å². The zero-order chi connectivity index (χ0) is 16.8. The number of nitrogens with zero attached hydrogens (tertiary/aromatic N) is 2. The molecule has 0 spiro atoms. The molecule has 2 aromatic rings. The summed E-state index contributed by atoms with van der Waals surface area (Å²) in [7, 11) is 3.17. The third kappa shape index (κ3) is 4.07. The van der Waals surface area contributed by atoms with Crippen molar-refractivity contribution in [1.82, 2.24) is 10.4 Å². The Bertz CT molecular complexity index is 747. The average molecular weight is 378 g/mol. The van der Waals surface area contributed by atoms with Crippen LogP contribution in [0.2, 0.25) is 0 Å². The van der Waals surface area contributed by atoms with Crippen molar-refractivity contribution >= 4 is 28.1 Å². The first kappa shape index (κ1) is 17.0. The summed E-state index contributed by atoms with van der Waals surface area (Å²) < 4.78 is 11.3. The summed E-state index contributed by atoms with van der Waals surface area (Å²) in [4.78, 5) is 15.9. The summed E-state index contributed by atoms with van der Waals surface area (Å²) in [6.07, 6.45) is 4.59. The molecular weight excluding hydrogens is 362 g/mol. The van der Waals surface area contributed by atoms with Gasteiger partial charge in [0.15, 0.2) is 0 Å². The number of nitrogens with one attached hydrogen (secondary N) is 1. The number of carbonyl (C=O) groups excluding carboxylic acids is 1. The SMILES string of the molecule is COc1ccc(C=NNC(=O)c2cncc(Br)c2)c(OC)c1C. The molecule has 7 heteroatoms. The lowest BCUT2D eigenvalue weighted by Gasteiger charge is -2.11. The Labute approximate surface area is 142 Å². The fourth-order valence-corrected chi connectivity index (χ4v) is 2.41. The summed E-state index contributed by atoms with van der Waals surface area (Å²) in [5, 5.41) is 3.96. The fraction of sp³-hybridized carbons (Fsp3) is 0.188. The van der Waals surface area contributed by atoms with E-state index in [0.29, 0.717) is 11.3 Å².